The molecule has 0 aromatic rings. The first-order valence-corrected chi connectivity index (χ1v) is 2.22. The van der Waals surface area contributed by atoms with Gasteiger partial charge < -0.3 is 10.5 Å². The van der Waals surface area contributed by atoms with Crippen LogP contribution in [0.25, 0.3) is 0 Å². The van der Waals surface area contributed by atoms with Crippen molar-refractivity contribution in [3.8, 4) is 0 Å². The number of hydroxylamine groups is 2. The maximum atomic E-state index is 8.63. The maximum Gasteiger partial charge on any atom is 0.0916 e. The Morgan fingerprint density at radius 3 is 2.86 bits per heavy atom. The summed E-state index contributed by atoms with van der Waals surface area (Å²) in [4.78, 5) is 0. The molecule has 40 valence electrons. The summed E-state index contributed by atoms with van der Waals surface area (Å²) in [5, 5.41) is 12.7. The van der Waals surface area contributed by atoms with Crippen LogP contribution in [0.15, 0.2) is 12.3 Å². The highest BCUT2D eigenvalue weighted by Gasteiger charge is 1.96. The third-order valence-electron chi connectivity index (χ3n) is 0.826. The molecule has 7 heavy (non-hydrogen) atoms. The highest BCUT2D eigenvalue weighted by atomic mass is 16.5. The fraction of sp³-hybridized carbons (Fsp3) is 0.500. The zero-order valence-electron chi connectivity index (χ0n) is 3.96. The van der Waals surface area contributed by atoms with E-state index in [2.05, 4.69) is 5.32 Å². The third-order valence-corrected chi connectivity index (χ3v) is 0.826. The Hall–Kier alpha value is -0.540. The average Bonchev–Trinajstić information content (AvgIpc) is 1.69. The molecule has 0 atom stereocenters. The summed E-state index contributed by atoms with van der Waals surface area (Å²) in [5.41, 5.74) is 0. The largest absolute Gasteiger partial charge is 0.377 e. The second kappa shape index (κ2) is 1.95. The van der Waals surface area contributed by atoms with Crippen LogP contribution in [0.4, 0.5) is 0 Å². The van der Waals surface area contributed by atoms with E-state index >= 15 is 0 Å². The lowest BCUT2D eigenvalue weighted by atomic mass is 10.5. The van der Waals surface area contributed by atoms with E-state index in [4.69, 9.17) is 5.21 Å². The Balaban J connectivity index is 2.32. The van der Waals surface area contributed by atoms with Crippen molar-refractivity contribution in [3.05, 3.63) is 12.3 Å². The van der Waals surface area contributed by atoms with Crippen LogP contribution in [0.5, 0.6) is 0 Å². The molecule has 0 radical (unpaired) electrons. The van der Waals surface area contributed by atoms with Crippen LogP contribution in [0.1, 0.15) is 0 Å². The van der Waals surface area contributed by atoms with Crippen molar-refractivity contribution in [2.24, 2.45) is 0 Å². The summed E-state index contributed by atoms with van der Waals surface area (Å²) < 4.78 is 0. The van der Waals surface area contributed by atoms with E-state index < -0.39 is 0 Å². The zero-order chi connectivity index (χ0) is 5.11. The molecule has 0 saturated carbocycles. The molecule has 1 heterocycles. The number of hydrogen-bond donors (Lipinski definition) is 2. The fourth-order valence-corrected chi connectivity index (χ4v) is 0.480. The van der Waals surface area contributed by atoms with E-state index in [1.54, 1.807) is 0 Å². The molecule has 0 saturated heterocycles. The molecule has 1 rings (SSSR count). The summed E-state index contributed by atoms with van der Waals surface area (Å²) in [6, 6.07) is 0. The highest BCUT2D eigenvalue weighted by Crippen LogP contribution is 1.83. The molecular weight excluding hydrogens is 92.1 g/mol. The minimum atomic E-state index is 0.538. The summed E-state index contributed by atoms with van der Waals surface area (Å²) in [7, 11) is 0. The lowest BCUT2D eigenvalue weighted by Crippen LogP contribution is -2.32. The van der Waals surface area contributed by atoms with Crippen molar-refractivity contribution in [1.82, 2.24) is 10.4 Å². The quantitative estimate of drug-likeness (QED) is 0.440. The Morgan fingerprint density at radius 1 is 1.71 bits per heavy atom. The Kier molecular flexibility index (Phi) is 1.29. The number of rotatable bonds is 0. The van der Waals surface area contributed by atoms with Crippen LogP contribution < -0.4 is 5.32 Å². The van der Waals surface area contributed by atoms with Gasteiger partial charge in [-0.3, -0.25) is 0 Å². The van der Waals surface area contributed by atoms with Gasteiger partial charge in [-0.2, -0.15) is 5.06 Å². The van der Waals surface area contributed by atoms with E-state index in [1.807, 2.05) is 12.3 Å². The van der Waals surface area contributed by atoms with Crippen LogP contribution in [0.2, 0.25) is 0 Å². The van der Waals surface area contributed by atoms with Gasteiger partial charge in [0, 0.05) is 6.54 Å². The second-order valence-electron chi connectivity index (χ2n) is 1.45. The van der Waals surface area contributed by atoms with E-state index in [9.17, 15) is 0 Å². The van der Waals surface area contributed by atoms with Crippen molar-refractivity contribution >= 4 is 0 Å². The van der Waals surface area contributed by atoms with Gasteiger partial charge in [0.05, 0.1) is 6.67 Å². The molecule has 0 fully saturated rings. The summed E-state index contributed by atoms with van der Waals surface area (Å²) in [5.74, 6) is 0. The van der Waals surface area contributed by atoms with Crippen molar-refractivity contribution in [1.29, 1.82) is 0 Å². The third kappa shape index (κ3) is 1.17. The minimum Gasteiger partial charge on any atom is -0.377 e. The van der Waals surface area contributed by atoms with Crippen molar-refractivity contribution in [3.63, 3.8) is 0 Å². The zero-order valence-corrected chi connectivity index (χ0v) is 3.96. The van der Waals surface area contributed by atoms with Gasteiger partial charge in [0.2, 0.25) is 0 Å². The van der Waals surface area contributed by atoms with E-state index in [-0.39, 0.29) is 0 Å². The number of nitrogens with one attached hydrogen (secondary N) is 1. The molecule has 0 amide bonds. The molecule has 3 heteroatoms. The molecule has 0 aromatic heterocycles. The van der Waals surface area contributed by atoms with Crippen LogP contribution >= 0.6 is 0 Å². The molecule has 0 aliphatic carbocycles. The standard InChI is InChI=1S/C4H8N2O/c7-6-3-1-2-5-4-6/h1-2,5,7H,3-4H2. The molecular formula is C4H8N2O. The second-order valence-corrected chi connectivity index (χ2v) is 1.45. The molecule has 0 bridgehead atoms. The van der Waals surface area contributed by atoms with E-state index in [1.165, 1.54) is 5.06 Å². The first kappa shape index (κ1) is 4.61. The smallest absolute Gasteiger partial charge is 0.0916 e. The Bertz CT molecular complexity index is 81.8. The van der Waals surface area contributed by atoms with Gasteiger partial charge in [0.1, 0.15) is 0 Å². The highest BCUT2D eigenvalue weighted by molar-refractivity contribution is 4.84. The lowest BCUT2D eigenvalue weighted by Gasteiger charge is -2.15. The number of hydrogen-bond acceptors (Lipinski definition) is 3. The van der Waals surface area contributed by atoms with E-state index in [0.717, 1.165) is 0 Å². The SMILES string of the molecule is ON1CC=CNC1. The van der Waals surface area contributed by atoms with Gasteiger partial charge in [0.15, 0.2) is 0 Å². The van der Waals surface area contributed by atoms with E-state index in [0.29, 0.717) is 13.2 Å². The van der Waals surface area contributed by atoms with Crippen molar-refractivity contribution in [2.75, 3.05) is 13.2 Å². The van der Waals surface area contributed by atoms with Crippen LogP contribution in [0, 0.1) is 0 Å². The first-order valence-electron chi connectivity index (χ1n) is 2.22. The minimum absolute atomic E-state index is 0.538. The van der Waals surface area contributed by atoms with Crippen molar-refractivity contribution < 1.29 is 5.21 Å². The van der Waals surface area contributed by atoms with Crippen LogP contribution in [-0.4, -0.2) is 23.5 Å². The Morgan fingerprint density at radius 2 is 2.57 bits per heavy atom. The summed E-state index contributed by atoms with van der Waals surface area (Å²) in [6.45, 7) is 1.17. The topological polar surface area (TPSA) is 35.5 Å². The lowest BCUT2D eigenvalue weighted by molar-refractivity contribution is -0.0872. The monoisotopic (exact) mass is 100 g/mol. The molecule has 0 spiro atoms. The Labute approximate surface area is 42.2 Å². The van der Waals surface area contributed by atoms with Gasteiger partial charge in [-0.05, 0) is 6.20 Å². The van der Waals surface area contributed by atoms with Gasteiger partial charge >= 0.3 is 0 Å². The van der Waals surface area contributed by atoms with Crippen LogP contribution in [0.3, 0.4) is 0 Å². The summed E-state index contributed by atoms with van der Waals surface area (Å²) in [6.07, 6.45) is 3.68. The number of nitrogens with zero attached hydrogens (tertiary/aromatic N) is 1. The predicted octanol–water partition coefficient (Wildman–Crippen LogP) is -0.248. The van der Waals surface area contributed by atoms with Gasteiger partial charge in [0.25, 0.3) is 0 Å². The molecule has 2 N–H and O–H groups in total. The average molecular weight is 100 g/mol. The molecule has 1 aliphatic heterocycles. The van der Waals surface area contributed by atoms with Gasteiger partial charge in [-0.1, -0.05) is 6.08 Å². The first-order chi connectivity index (χ1) is 3.39. The molecule has 0 aromatic carbocycles. The maximum absolute atomic E-state index is 8.63. The van der Waals surface area contributed by atoms with Gasteiger partial charge in [-0.25, -0.2) is 0 Å². The normalized spacial score (nSPS) is 21.9. The van der Waals surface area contributed by atoms with Gasteiger partial charge in [-0.15, -0.1) is 0 Å². The molecule has 0 unspecified atom stereocenters. The van der Waals surface area contributed by atoms with Crippen LogP contribution in [-0.2, 0) is 0 Å². The fourth-order valence-electron chi connectivity index (χ4n) is 0.480. The molecule has 3 nitrogen and oxygen atoms in total. The summed E-state index contributed by atoms with van der Waals surface area (Å²) >= 11 is 0. The van der Waals surface area contributed by atoms with Crippen molar-refractivity contribution in [2.45, 2.75) is 0 Å². The predicted molar refractivity (Wildman–Crippen MR) is 25.6 cm³/mol. The molecule has 1 aliphatic rings.